The third-order valence-corrected chi connectivity index (χ3v) is 3.32. The van der Waals surface area contributed by atoms with Crippen LogP contribution in [0.3, 0.4) is 0 Å². The van der Waals surface area contributed by atoms with E-state index in [1.165, 1.54) is 7.11 Å². The van der Waals surface area contributed by atoms with Crippen LogP contribution in [0.1, 0.15) is 22.8 Å². The molecule has 0 spiro atoms. The lowest BCUT2D eigenvalue weighted by Gasteiger charge is -2.16. The summed E-state index contributed by atoms with van der Waals surface area (Å²) < 4.78 is 15.4. The molecule has 1 atom stereocenters. The first kappa shape index (κ1) is 17.5. The van der Waals surface area contributed by atoms with Gasteiger partial charge in [0.2, 0.25) is 6.10 Å². The summed E-state index contributed by atoms with van der Waals surface area (Å²) in [5, 5.41) is 0. The molecular formula is C19H20O5. The molecule has 126 valence electrons. The van der Waals surface area contributed by atoms with Gasteiger partial charge in [-0.15, -0.1) is 0 Å². The highest BCUT2D eigenvalue weighted by Crippen LogP contribution is 2.20. The Labute approximate surface area is 141 Å². The van der Waals surface area contributed by atoms with Crippen LogP contribution >= 0.6 is 0 Å². The van der Waals surface area contributed by atoms with Crippen molar-refractivity contribution in [1.29, 1.82) is 0 Å². The number of hydrogen-bond acceptors (Lipinski definition) is 5. The van der Waals surface area contributed by atoms with Gasteiger partial charge in [-0.3, -0.25) is 0 Å². The van der Waals surface area contributed by atoms with Gasteiger partial charge in [-0.1, -0.05) is 36.4 Å². The van der Waals surface area contributed by atoms with Crippen LogP contribution in [0.4, 0.5) is 0 Å². The Morgan fingerprint density at radius 1 is 1.00 bits per heavy atom. The van der Waals surface area contributed by atoms with Crippen molar-refractivity contribution in [2.75, 3.05) is 13.7 Å². The molecule has 2 aromatic rings. The number of esters is 2. The third kappa shape index (κ3) is 4.84. The monoisotopic (exact) mass is 328 g/mol. The fraction of sp³-hybridized carbons (Fsp3) is 0.263. The second-order valence-electron chi connectivity index (χ2n) is 5.42. The number of rotatable bonds is 6. The second-order valence-corrected chi connectivity index (χ2v) is 5.42. The van der Waals surface area contributed by atoms with E-state index in [9.17, 15) is 9.59 Å². The van der Waals surface area contributed by atoms with Gasteiger partial charge in [-0.2, -0.15) is 0 Å². The minimum absolute atomic E-state index is 0.288. The molecule has 0 saturated heterocycles. The summed E-state index contributed by atoms with van der Waals surface area (Å²) in [5.74, 6) is -0.701. The standard InChI is InChI=1S/C19H20O5/c1-13-9-14(2)11-16(10-13)23-12-17(20)24-18(19(21)22-3)15-7-5-4-6-8-15/h4-11,18H,12H2,1-3H3/t18-/m1/s1. The van der Waals surface area contributed by atoms with Gasteiger partial charge in [0, 0.05) is 5.56 Å². The van der Waals surface area contributed by atoms with E-state index in [4.69, 9.17) is 14.2 Å². The van der Waals surface area contributed by atoms with Crippen molar-refractivity contribution in [3.8, 4) is 5.75 Å². The van der Waals surface area contributed by atoms with Crippen LogP contribution in [0.2, 0.25) is 0 Å². The molecule has 0 bridgehead atoms. The summed E-state index contributed by atoms with van der Waals surface area (Å²) in [6, 6.07) is 14.4. The van der Waals surface area contributed by atoms with Crippen LogP contribution in [-0.2, 0) is 19.1 Å². The van der Waals surface area contributed by atoms with Crippen LogP contribution in [-0.4, -0.2) is 25.7 Å². The smallest absolute Gasteiger partial charge is 0.351 e. The van der Waals surface area contributed by atoms with E-state index in [-0.39, 0.29) is 6.61 Å². The molecule has 5 heteroatoms. The zero-order valence-corrected chi connectivity index (χ0v) is 13.9. The van der Waals surface area contributed by atoms with Crippen molar-refractivity contribution in [3.05, 3.63) is 65.2 Å². The quantitative estimate of drug-likeness (QED) is 0.762. The number of ether oxygens (including phenoxy) is 3. The largest absolute Gasteiger partial charge is 0.482 e. The highest BCUT2D eigenvalue weighted by atomic mass is 16.6. The van der Waals surface area contributed by atoms with Crippen molar-refractivity contribution in [2.45, 2.75) is 20.0 Å². The number of aryl methyl sites for hydroxylation is 2. The Hall–Kier alpha value is -2.82. The molecule has 24 heavy (non-hydrogen) atoms. The Balaban J connectivity index is 2.01. The van der Waals surface area contributed by atoms with Gasteiger partial charge in [0.15, 0.2) is 6.61 Å². The number of methoxy groups -OCH3 is 1. The van der Waals surface area contributed by atoms with Gasteiger partial charge < -0.3 is 14.2 Å². The third-order valence-electron chi connectivity index (χ3n) is 3.32. The highest BCUT2D eigenvalue weighted by molar-refractivity contribution is 5.81. The first-order chi connectivity index (χ1) is 11.5. The fourth-order valence-corrected chi connectivity index (χ4v) is 2.31. The predicted octanol–water partition coefficient (Wildman–Crippen LogP) is 3.14. The highest BCUT2D eigenvalue weighted by Gasteiger charge is 2.25. The molecule has 2 rings (SSSR count). The number of benzene rings is 2. The Morgan fingerprint density at radius 2 is 1.62 bits per heavy atom. The number of carbonyl (C=O) groups is 2. The summed E-state index contributed by atoms with van der Waals surface area (Å²) in [6.45, 7) is 3.60. The van der Waals surface area contributed by atoms with Crippen molar-refractivity contribution in [1.82, 2.24) is 0 Å². The summed E-state index contributed by atoms with van der Waals surface area (Å²) >= 11 is 0. The Kier molecular flexibility index (Phi) is 5.95. The zero-order chi connectivity index (χ0) is 17.5. The normalized spacial score (nSPS) is 11.5. The molecule has 0 heterocycles. The van der Waals surface area contributed by atoms with Gasteiger partial charge in [0.1, 0.15) is 5.75 Å². The van der Waals surface area contributed by atoms with Crippen LogP contribution in [0.15, 0.2) is 48.5 Å². The van der Waals surface area contributed by atoms with E-state index in [1.807, 2.05) is 38.1 Å². The molecule has 0 radical (unpaired) electrons. The van der Waals surface area contributed by atoms with Crippen molar-refractivity contribution in [2.24, 2.45) is 0 Å². The first-order valence-corrected chi connectivity index (χ1v) is 7.53. The van der Waals surface area contributed by atoms with Crippen molar-refractivity contribution in [3.63, 3.8) is 0 Å². The number of carbonyl (C=O) groups excluding carboxylic acids is 2. The second kappa shape index (κ2) is 8.15. The molecule has 0 amide bonds. The van der Waals surface area contributed by atoms with Crippen LogP contribution in [0.5, 0.6) is 5.75 Å². The zero-order valence-electron chi connectivity index (χ0n) is 13.9. The van der Waals surface area contributed by atoms with E-state index in [2.05, 4.69) is 0 Å². The van der Waals surface area contributed by atoms with E-state index >= 15 is 0 Å². The lowest BCUT2D eigenvalue weighted by atomic mass is 10.1. The van der Waals surface area contributed by atoms with Gasteiger partial charge in [0.05, 0.1) is 7.11 Å². The molecule has 0 unspecified atom stereocenters. The molecular weight excluding hydrogens is 308 g/mol. The summed E-state index contributed by atoms with van der Waals surface area (Å²) in [7, 11) is 1.25. The minimum atomic E-state index is -1.11. The van der Waals surface area contributed by atoms with E-state index in [0.717, 1.165) is 11.1 Å². The molecule has 0 aliphatic carbocycles. The first-order valence-electron chi connectivity index (χ1n) is 7.53. The van der Waals surface area contributed by atoms with E-state index in [0.29, 0.717) is 11.3 Å². The molecule has 2 aromatic carbocycles. The topological polar surface area (TPSA) is 61.8 Å². The average molecular weight is 328 g/mol. The summed E-state index contributed by atoms with van der Waals surface area (Å²) in [5.41, 5.74) is 2.62. The molecule has 5 nitrogen and oxygen atoms in total. The fourth-order valence-electron chi connectivity index (χ4n) is 2.31. The van der Waals surface area contributed by atoms with Crippen LogP contribution in [0.25, 0.3) is 0 Å². The van der Waals surface area contributed by atoms with Crippen LogP contribution in [0, 0.1) is 13.8 Å². The average Bonchev–Trinajstić information content (AvgIpc) is 2.57. The lowest BCUT2D eigenvalue weighted by Crippen LogP contribution is -2.24. The maximum absolute atomic E-state index is 12.0. The van der Waals surface area contributed by atoms with Crippen molar-refractivity contribution < 1.29 is 23.8 Å². The van der Waals surface area contributed by atoms with E-state index < -0.39 is 18.0 Å². The maximum Gasteiger partial charge on any atom is 0.351 e. The van der Waals surface area contributed by atoms with Crippen molar-refractivity contribution >= 4 is 11.9 Å². The molecule has 0 saturated carbocycles. The minimum Gasteiger partial charge on any atom is -0.482 e. The summed E-state index contributed by atoms with van der Waals surface area (Å²) in [6.07, 6.45) is -1.11. The molecule has 0 aliphatic heterocycles. The summed E-state index contributed by atoms with van der Waals surface area (Å²) in [4.78, 5) is 23.9. The molecule has 0 N–H and O–H groups in total. The van der Waals surface area contributed by atoms with Gasteiger partial charge in [0.25, 0.3) is 0 Å². The Bertz CT molecular complexity index is 689. The van der Waals surface area contributed by atoms with Crippen LogP contribution < -0.4 is 4.74 Å². The van der Waals surface area contributed by atoms with Gasteiger partial charge in [-0.25, -0.2) is 9.59 Å². The SMILES string of the molecule is COC(=O)[C@H](OC(=O)COc1cc(C)cc(C)c1)c1ccccc1. The van der Waals surface area contributed by atoms with Gasteiger partial charge in [-0.05, 0) is 37.1 Å². The molecule has 0 aliphatic rings. The maximum atomic E-state index is 12.0. The molecule has 0 aromatic heterocycles. The van der Waals surface area contributed by atoms with E-state index in [1.54, 1.807) is 24.3 Å². The number of hydrogen-bond donors (Lipinski definition) is 0. The predicted molar refractivity (Wildman–Crippen MR) is 88.7 cm³/mol. The lowest BCUT2D eigenvalue weighted by molar-refractivity contribution is -0.167. The van der Waals surface area contributed by atoms with Gasteiger partial charge >= 0.3 is 11.9 Å². The Morgan fingerprint density at radius 3 is 2.21 bits per heavy atom. The molecule has 0 fully saturated rings.